The molecular weight excluding hydrogens is 567 g/mol. The Balaban J connectivity index is 1.71. The lowest BCUT2D eigenvalue weighted by Crippen LogP contribution is -2.31. The highest BCUT2D eigenvalue weighted by Crippen LogP contribution is 2.37. The van der Waals surface area contributed by atoms with Crippen molar-refractivity contribution in [3.8, 4) is 0 Å². The maximum absolute atomic E-state index is 12.5. The number of unbranched alkanes of at least 4 members (excludes halogenated alkanes) is 6. The van der Waals surface area contributed by atoms with Crippen LogP contribution in [0.25, 0.3) is 0 Å². The van der Waals surface area contributed by atoms with Crippen LogP contribution in [0.2, 0.25) is 10.0 Å². The number of amides is 2. The maximum atomic E-state index is 12.5. The molecule has 2 heterocycles. The third kappa shape index (κ3) is 10.5. The van der Waals surface area contributed by atoms with Crippen LogP contribution in [0.15, 0.2) is 52.6 Å². The van der Waals surface area contributed by atoms with Crippen LogP contribution in [0.5, 0.6) is 0 Å². The quantitative estimate of drug-likeness (QED) is 0.174. The number of pyridine rings is 1. The van der Waals surface area contributed by atoms with Gasteiger partial charge in [0.2, 0.25) is 5.91 Å². The molecule has 216 valence electrons. The molecule has 0 aliphatic rings. The molecule has 7 nitrogen and oxygen atoms in total. The van der Waals surface area contributed by atoms with Gasteiger partial charge in [-0.3, -0.25) is 15.1 Å². The Morgan fingerprint density at radius 2 is 1.65 bits per heavy atom. The van der Waals surface area contributed by atoms with Crippen molar-refractivity contribution in [2.24, 2.45) is 0 Å². The van der Waals surface area contributed by atoms with Gasteiger partial charge in [0.15, 0.2) is 6.61 Å². The number of rotatable bonds is 15. The highest BCUT2D eigenvalue weighted by atomic mass is 35.5. The lowest BCUT2D eigenvalue weighted by atomic mass is 10.1. The van der Waals surface area contributed by atoms with Crippen molar-refractivity contribution in [2.45, 2.75) is 101 Å². The highest BCUT2D eigenvalue weighted by Gasteiger charge is 2.22. The molecular formula is C30H38Cl2N4O3S. The van der Waals surface area contributed by atoms with E-state index in [1.165, 1.54) is 37.4 Å². The fourth-order valence-corrected chi connectivity index (χ4v) is 6.13. The molecule has 3 rings (SSSR count). The first-order valence-electron chi connectivity index (χ1n) is 13.9. The molecule has 0 saturated carbocycles. The molecule has 1 aromatic carbocycles. The van der Waals surface area contributed by atoms with E-state index >= 15 is 0 Å². The predicted molar refractivity (Wildman–Crippen MR) is 161 cm³/mol. The summed E-state index contributed by atoms with van der Waals surface area (Å²) >= 11 is 14.0. The molecule has 0 spiro atoms. The number of carbonyl (C=O) groups excluding carboxylic acids is 2. The predicted octanol–water partition coefficient (Wildman–Crippen LogP) is 8.80. The van der Waals surface area contributed by atoms with Crippen LogP contribution in [-0.2, 0) is 22.7 Å². The average Bonchev–Trinajstić information content (AvgIpc) is 3.23. The van der Waals surface area contributed by atoms with E-state index in [1.54, 1.807) is 18.5 Å². The van der Waals surface area contributed by atoms with E-state index in [0.717, 1.165) is 40.4 Å². The van der Waals surface area contributed by atoms with Crippen molar-refractivity contribution in [3.63, 3.8) is 0 Å². The monoisotopic (exact) mass is 604 g/mol. The van der Waals surface area contributed by atoms with Crippen LogP contribution in [-0.4, -0.2) is 26.5 Å². The summed E-state index contributed by atoms with van der Waals surface area (Å²) in [5.74, 6) is 0.355. The Kier molecular flexibility index (Phi) is 13.3. The van der Waals surface area contributed by atoms with Crippen LogP contribution in [0.4, 0.5) is 4.79 Å². The summed E-state index contributed by atoms with van der Waals surface area (Å²) in [6, 6.07) is 9.26. The van der Waals surface area contributed by atoms with Crippen LogP contribution in [0, 0.1) is 0 Å². The Bertz CT molecular complexity index is 1230. The topological polar surface area (TPSA) is 86.1 Å². The molecule has 1 N–H and O–H groups in total. The molecule has 2 aromatic heterocycles. The highest BCUT2D eigenvalue weighted by molar-refractivity contribution is 7.99. The lowest BCUT2D eigenvalue weighted by molar-refractivity contribution is -0.120. The van der Waals surface area contributed by atoms with E-state index in [1.807, 2.05) is 28.8 Å². The number of benzene rings is 1. The second-order valence-electron chi connectivity index (χ2n) is 10.0. The zero-order valence-corrected chi connectivity index (χ0v) is 25.7. The van der Waals surface area contributed by atoms with Gasteiger partial charge in [-0.2, -0.15) is 0 Å². The number of aromatic nitrogens is 3. The lowest BCUT2D eigenvalue weighted by Gasteiger charge is -2.14. The van der Waals surface area contributed by atoms with Gasteiger partial charge in [-0.1, -0.05) is 94.3 Å². The van der Waals surface area contributed by atoms with Gasteiger partial charge in [0.05, 0.1) is 12.2 Å². The number of imide groups is 1. The summed E-state index contributed by atoms with van der Waals surface area (Å²) in [6.45, 7) is 6.73. The molecule has 0 bridgehead atoms. The van der Waals surface area contributed by atoms with E-state index in [2.05, 4.69) is 31.1 Å². The molecule has 10 heteroatoms. The minimum atomic E-state index is -0.770. The zero-order chi connectivity index (χ0) is 28.9. The molecule has 0 atom stereocenters. The molecule has 0 radical (unpaired) electrons. The first-order chi connectivity index (χ1) is 19.3. The molecule has 0 aliphatic carbocycles. The van der Waals surface area contributed by atoms with Crippen LogP contribution >= 0.6 is 35.0 Å². The first kappa shape index (κ1) is 32.0. The fourth-order valence-electron chi connectivity index (χ4n) is 4.21. The number of nitrogens with one attached hydrogen (secondary N) is 1. The number of nitrogens with zero attached hydrogens (tertiary/aromatic N) is 3. The zero-order valence-electron chi connectivity index (χ0n) is 23.4. The third-order valence-electron chi connectivity index (χ3n) is 6.29. The Labute approximate surface area is 251 Å². The average molecular weight is 606 g/mol. The third-order valence-corrected chi connectivity index (χ3v) is 7.82. The number of imidazole rings is 1. The molecule has 40 heavy (non-hydrogen) atoms. The van der Waals surface area contributed by atoms with Gasteiger partial charge in [0.1, 0.15) is 10.9 Å². The van der Waals surface area contributed by atoms with Gasteiger partial charge in [-0.25, -0.2) is 9.78 Å². The SMILES string of the molecule is CCCCCCCCCC(=O)NC(=O)OCc1nc(C(C)C)c(Sc2cc(Cl)cc(Cl)c2)n1Cc1ccncc1. The number of hydrogen-bond acceptors (Lipinski definition) is 6. The van der Waals surface area contributed by atoms with Gasteiger partial charge in [-0.15, -0.1) is 0 Å². The van der Waals surface area contributed by atoms with Crippen LogP contribution < -0.4 is 5.32 Å². The van der Waals surface area contributed by atoms with E-state index in [9.17, 15) is 9.59 Å². The van der Waals surface area contributed by atoms with Gasteiger partial charge >= 0.3 is 6.09 Å². The van der Waals surface area contributed by atoms with Crippen molar-refractivity contribution in [1.29, 1.82) is 0 Å². The Morgan fingerprint density at radius 1 is 1.00 bits per heavy atom. The summed E-state index contributed by atoms with van der Waals surface area (Å²) in [6.07, 6.45) is 10.7. The molecule has 0 unspecified atom stereocenters. The van der Waals surface area contributed by atoms with E-state index in [-0.39, 0.29) is 18.4 Å². The largest absolute Gasteiger partial charge is 0.441 e. The van der Waals surface area contributed by atoms with E-state index in [4.69, 9.17) is 32.9 Å². The molecule has 2 amide bonds. The van der Waals surface area contributed by atoms with Crippen molar-refractivity contribution >= 4 is 47.0 Å². The number of carbonyl (C=O) groups is 2. The summed E-state index contributed by atoms with van der Waals surface area (Å²) in [5.41, 5.74) is 1.88. The fraction of sp³-hybridized carbons (Fsp3) is 0.467. The first-order valence-corrected chi connectivity index (χ1v) is 15.4. The van der Waals surface area contributed by atoms with Gasteiger partial charge in [-0.05, 0) is 48.2 Å². The van der Waals surface area contributed by atoms with Crippen molar-refractivity contribution < 1.29 is 14.3 Å². The Hall–Kier alpha value is -2.55. The van der Waals surface area contributed by atoms with Crippen molar-refractivity contribution in [3.05, 3.63) is 69.9 Å². The van der Waals surface area contributed by atoms with E-state index < -0.39 is 6.09 Å². The minimum Gasteiger partial charge on any atom is -0.441 e. The number of halogens is 2. The van der Waals surface area contributed by atoms with Crippen molar-refractivity contribution in [2.75, 3.05) is 0 Å². The Morgan fingerprint density at radius 3 is 2.30 bits per heavy atom. The maximum Gasteiger partial charge on any atom is 0.414 e. The number of alkyl carbamates (subject to hydrolysis) is 1. The summed E-state index contributed by atoms with van der Waals surface area (Å²) in [7, 11) is 0. The van der Waals surface area contributed by atoms with E-state index in [0.29, 0.717) is 28.8 Å². The summed E-state index contributed by atoms with van der Waals surface area (Å²) in [4.78, 5) is 34.6. The second-order valence-corrected chi connectivity index (χ2v) is 12.0. The van der Waals surface area contributed by atoms with Gasteiger partial charge in [0, 0.05) is 33.8 Å². The molecule has 0 saturated heterocycles. The minimum absolute atomic E-state index is 0.0851. The summed E-state index contributed by atoms with van der Waals surface area (Å²) < 4.78 is 7.49. The molecule has 0 fully saturated rings. The number of hydrogen-bond donors (Lipinski definition) is 1. The second kappa shape index (κ2) is 16.7. The van der Waals surface area contributed by atoms with Crippen LogP contribution in [0.1, 0.15) is 95.1 Å². The van der Waals surface area contributed by atoms with Gasteiger partial charge in [0.25, 0.3) is 0 Å². The smallest absolute Gasteiger partial charge is 0.414 e. The standard InChI is InChI=1S/C30H38Cl2N4O3S/c1-4-5-6-7-8-9-10-11-27(37)35-30(38)39-20-26-34-28(21(2)3)29(36(26)19-22-12-14-33-15-13-22)40-25-17-23(31)16-24(32)18-25/h12-18,21H,4-11,19-20H2,1-3H3,(H,35,37,38). The molecule has 0 aliphatic heterocycles. The summed E-state index contributed by atoms with van der Waals surface area (Å²) in [5, 5.41) is 4.34. The van der Waals surface area contributed by atoms with Crippen LogP contribution in [0.3, 0.4) is 0 Å². The normalized spacial score (nSPS) is 11.2. The van der Waals surface area contributed by atoms with Gasteiger partial charge < -0.3 is 9.30 Å². The van der Waals surface area contributed by atoms with Crippen molar-refractivity contribution in [1.82, 2.24) is 19.9 Å². The number of ether oxygens (including phenoxy) is 1. The molecule has 3 aromatic rings.